The number of nitrogens with one attached hydrogen (secondary N) is 4. The molecule has 0 saturated heterocycles. The van der Waals surface area contributed by atoms with Crippen molar-refractivity contribution in [2.24, 2.45) is 11.7 Å². The zero-order chi connectivity index (χ0) is 45.8. The monoisotopic (exact) mass is 862 g/mol. The first kappa shape index (κ1) is 47.3. The number of carbonyl (C=O) groups excluding carboxylic acids is 5. The van der Waals surface area contributed by atoms with Gasteiger partial charge in [0.2, 0.25) is 23.6 Å². The standard InChI is InChI=1S/C48H58N6O9/c1-5-6-9-30-11-14-32(15-12-30)33-16-18-34(19-17-33)45(59)50-27-28(2)43(57)52-38(10-7-8-23-49)47(61)54(4)42-35-20-22-41(56)37(26-35)36-24-31(13-21-40(36)55)25-39(48(62)63)53-44(58)29(3)51-46(42)60/h11-22,24,26,28-29,38-39,42,55-56H,5-10,23,25,27,49H2,1-4H3,(H,50,59)(H,51,60)(H,52,57)(H,53,58)(H,62,63). The zero-order valence-electron chi connectivity index (χ0n) is 36.1. The molecule has 4 bridgehead atoms. The molecular weight excluding hydrogens is 805 g/mol. The minimum atomic E-state index is -1.45. The molecule has 5 rings (SSSR count). The Balaban J connectivity index is 1.34. The van der Waals surface area contributed by atoms with Gasteiger partial charge < -0.3 is 47.2 Å². The summed E-state index contributed by atoms with van der Waals surface area (Å²) < 4.78 is 0. The molecule has 1 aliphatic rings. The number of fused-ring (bicyclic) bond motifs is 5. The van der Waals surface area contributed by atoms with E-state index in [9.17, 15) is 44.1 Å². The number of unbranched alkanes of at least 4 members (excludes halogenated alkanes) is 2. The summed E-state index contributed by atoms with van der Waals surface area (Å²) in [5, 5.41) is 42.4. The molecule has 9 N–H and O–H groups in total. The zero-order valence-corrected chi connectivity index (χ0v) is 36.1. The molecule has 4 aromatic carbocycles. The first-order chi connectivity index (χ1) is 30.1. The molecule has 0 aromatic heterocycles. The summed E-state index contributed by atoms with van der Waals surface area (Å²) in [6.45, 7) is 5.44. The number of nitrogens with two attached hydrogens (primary N) is 1. The van der Waals surface area contributed by atoms with Gasteiger partial charge in [-0.2, -0.15) is 0 Å². The van der Waals surface area contributed by atoms with Gasteiger partial charge in [0, 0.05) is 36.7 Å². The average molecular weight is 863 g/mol. The number of aliphatic carboxylic acids is 1. The van der Waals surface area contributed by atoms with Crippen LogP contribution < -0.4 is 27.0 Å². The number of nitrogens with zero attached hydrogens (tertiary/aromatic N) is 1. The number of likely N-dealkylation sites (N-methyl/N-ethyl adjacent to an activating group) is 1. The predicted molar refractivity (Wildman–Crippen MR) is 238 cm³/mol. The van der Waals surface area contributed by atoms with Gasteiger partial charge in [-0.15, -0.1) is 0 Å². The highest BCUT2D eigenvalue weighted by atomic mass is 16.4. The third kappa shape index (κ3) is 12.2. The second kappa shape index (κ2) is 21.9. The largest absolute Gasteiger partial charge is 0.507 e. The number of aromatic hydroxyl groups is 2. The number of carboxylic acid groups (broad SMARTS) is 1. The quantitative estimate of drug-likeness (QED) is 0.0730. The van der Waals surface area contributed by atoms with Crippen LogP contribution in [0.15, 0.2) is 84.9 Å². The van der Waals surface area contributed by atoms with Gasteiger partial charge in [0.15, 0.2) is 0 Å². The van der Waals surface area contributed by atoms with Gasteiger partial charge >= 0.3 is 5.97 Å². The van der Waals surface area contributed by atoms with E-state index in [1.54, 1.807) is 19.1 Å². The summed E-state index contributed by atoms with van der Waals surface area (Å²) in [5.41, 5.74) is 10.3. The fourth-order valence-corrected chi connectivity index (χ4v) is 7.44. The lowest BCUT2D eigenvalue weighted by Gasteiger charge is -2.33. The van der Waals surface area contributed by atoms with Crippen molar-refractivity contribution in [1.82, 2.24) is 26.2 Å². The Morgan fingerprint density at radius 1 is 0.841 bits per heavy atom. The third-order valence-electron chi connectivity index (χ3n) is 11.3. The molecule has 0 fully saturated rings. The molecule has 1 aliphatic heterocycles. The summed E-state index contributed by atoms with van der Waals surface area (Å²) >= 11 is 0. The molecular formula is C48H58N6O9. The number of phenolic OH excluding ortho intramolecular Hbond substituents is 2. The minimum absolute atomic E-state index is 0.0385. The summed E-state index contributed by atoms with van der Waals surface area (Å²) in [5.74, 6) is -5.79. The Bertz CT molecular complexity index is 2280. The van der Waals surface area contributed by atoms with Gasteiger partial charge in [-0.05, 0) is 110 Å². The van der Waals surface area contributed by atoms with Crippen LogP contribution in [-0.2, 0) is 36.8 Å². The topological polar surface area (TPSA) is 240 Å². The number of aryl methyl sites for hydroxylation is 1. The van der Waals surface area contributed by atoms with Crippen molar-refractivity contribution in [2.75, 3.05) is 20.1 Å². The highest BCUT2D eigenvalue weighted by Gasteiger charge is 2.36. The van der Waals surface area contributed by atoms with Crippen LogP contribution in [0.25, 0.3) is 22.3 Å². The number of rotatable bonds is 16. The Kier molecular flexibility index (Phi) is 16.4. The van der Waals surface area contributed by atoms with Crippen molar-refractivity contribution in [3.05, 3.63) is 107 Å². The number of carboxylic acids is 1. The summed E-state index contributed by atoms with van der Waals surface area (Å²) in [4.78, 5) is 82.0. The Labute approximate surface area is 367 Å². The number of benzene rings is 4. The Morgan fingerprint density at radius 2 is 1.48 bits per heavy atom. The lowest BCUT2D eigenvalue weighted by atomic mass is 9.93. The fourth-order valence-electron chi connectivity index (χ4n) is 7.44. The average Bonchev–Trinajstić information content (AvgIpc) is 3.27. The number of amides is 5. The maximum Gasteiger partial charge on any atom is 0.326 e. The minimum Gasteiger partial charge on any atom is -0.507 e. The number of hydrogen-bond donors (Lipinski definition) is 8. The molecule has 0 aliphatic carbocycles. The number of carbonyl (C=O) groups is 6. The predicted octanol–water partition coefficient (Wildman–Crippen LogP) is 4.58. The lowest BCUT2D eigenvalue weighted by Crippen LogP contribution is -2.55. The van der Waals surface area contributed by atoms with Crippen LogP contribution in [0.4, 0.5) is 0 Å². The summed E-state index contributed by atoms with van der Waals surface area (Å²) in [6.07, 6.45) is 4.26. The van der Waals surface area contributed by atoms with E-state index in [4.69, 9.17) is 5.73 Å². The maximum atomic E-state index is 14.5. The van der Waals surface area contributed by atoms with Gasteiger partial charge in [0.05, 0.1) is 5.92 Å². The third-order valence-corrected chi connectivity index (χ3v) is 11.3. The van der Waals surface area contributed by atoms with E-state index in [2.05, 4.69) is 52.5 Å². The summed E-state index contributed by atoms with van der Waals surface area (Å²) in [7, 11) is 1.37. The molecule has 0 radical (unpaired) electrons. The highest BCUT2D eigenvalue weighted by molar-refractivity contribution is 5.97. The van der Waals surface area contributed by atoms with Crippen molar-refractivity contribution in [3.63, 3.8) is 0 Å². The van der Waals surface area contributed by atoms with Crippen LogP contribution in [0.1, 0.15) is 86.0 Å². The molecule has 5 amide bonds. The van der Waals surface area contributed by atoms with Crippen molar-refractivity contribution in [1.29, 1.82) is 0 Å². The lowest BCUT2D eigenvalue weighted by molar-refractivity contribution is -0.144. The molecule has 15 nitrogen and oxygen atoms in total. The maximum absolute atomic E-state index is 14.5. The van der Waals surface area contributed by atoms with Gasteiger partial charge in [-0.25, -0.2) is 4.79 Å². The highest BCUT2D eigenvalue weighted by Crippen LogP contribution is 2.39. The molecule has 4 aromatic rings. The van der Waals surface area contributed by atoms with Crippen molar-refractivity contribution >= 4 is 35.5 Å². The molecule has 15 heteroatoms. The van der Waals surface area contributed by atoms with Crippen molar-refractivity contribution < 1.29 is 44.1 Å². The van der Waals surface area contributed by atoms with Crippen molar-refractivity contribution in [2.45, 2.75) is 89.9 Å². The van der Waals surface area contributed by atoms with E-state index in [-0.39, 0.29) is 53.5 Å². The molecule has 0 spiro atoms. The normalized spacial score (nSPS) is 17.3. The fraction of sp³-hybridized carbons (Fsp3) is 0.375. The van der Waals surface area contributed by atoms with Crippen LogP contribution in [0.5, 0.6) is 11.5 Å². The van der Waals surface area contributed by atoms with Gasteiger partial charge in [0.25, 0.3) is 5.91 Å². The molecule has 334 valence electrons. The van der Waals surface area contributed by atoms with Crippen LogP contribution in [-0.4, -0.2) is 94.0 Å². The van der Waals surface area contributed by atoms with E-state index in [1.807, 2.05) is 12.1 Å². The number of phenols is 2. The van der Waals surface area contributed by atoms with Gasteiger partial charge in [-0.1, -0.05) is 68.8 Å². The molecule has 5 atom stereocenters. The van der Waals surface area contributed by atoms with E-state index < -0.39 is 59.7 Å². The SMILES string of the molecule is CCCCc1ccc(-c2ccc(C(=O)NCC(C)C(=O)NC(CCCCN)C(=O)N(C)C3C(=O)NC(C)C(=O)NC(C(=O)O)Cc4ccc(O)c(c4)-c4cc3ccc4O)cc2)cc1. The molecule has 5 unspecified atom stereocenters. The van der Waals surface area contributed by atoms with Crippen LogP contribution in [0, 0.1) is 5.92 Å². The summed E-state index contributed by atoms with van der Waals surface area (Å²) in [6, 6.07) is 18.8. The second-order valence-corrected chi connectivity index (χ2v) is 16.1. The number of hydrogen-bond acceptors (Lipinski definition) is 9. The first-order valence-corrected chi connectivity index (χ1v) is 21.3. The van der Waals surface area contributed by atoms with Gasteiger partial charge in [0.1, 0.15) is 35.7 Å². The van der Waals surface area contributed by atoms with Gasteiger partial charge in [-0.3, -0.25) is 24.0 Å². The van der Waals surface area contributed by atoms with Crippen molar-refractivity contribution in [3.8, 4) is 33.8 Å². The Hall–Kier alpha value is -6.74. The van der Waals surface area contributed by atoms with Crippen LogP contribution >= 0.6 is 0 Å². The van der Waals surface area contributed by atoms with Crippen LogP contribution in [0.2, 0.25) is 0 Å². The Morgan fingerprint density at radius 3 is 2.11 bits per heavy atom. The first-order valence-electron chi connectivity index (χ1n) is 21.3. The smallest absolute Gasteiger partial charge is 0.326 e. The molecule has 63 heavy (non-hydrogen) atoms. The van der Waals surface area contributed by atoms with Crippen LogP contribution in [0.3, 0.4) is 0 Å². The molecule has 0 saturated carbocycles. The molecule has 1 heterocycles. The van der Waals surface area contributed by atoms with E-state index in [0.717, 1.165) is 35.3 Å². The van der Waals surface area contributed by atoms with E-state index in [1.165, 1.54) is 55.9 Å². The second-order valence-electron chi connectivity index (χ2n) is 16.1. The van der Waals surface area contributed by atoms with E-state index in [0.29, 0.717) is 30.5 Å². The van der Waals surface area contributed by atoms with E-state index >= 15 is 0 Å².